The maximum Gasteiger partial charge on any atom is 0.122 e. The van der Waals surface area contributed by atoms with Gasteiger partial charge in [-0.2, -0.15) is 0 Å². The van der Waals surface area contributed by atoms with Crippen molar-refractivity contribution in [3.8, 4) is 5.75 Å². The standard InChI is InChI=1S/C12H14N2O2/c1-15-9-3-5-13-11(7-9)12-8-10(16-2)4-6-14-12/h3-5,7-8,14H,6H2,1-2H3. The molecule has 0 saturated heterocycles. The molecule has 0 amide bonds. The molecule has 84 valence electrons. The van der Waals surface area contributed by atoms with Crippen LogP contribution in [0.5, 0.6) is 5.75 Å². The van der Waals surface area contributed by atoms with Gasteiger partial charge in [0.2, 0.25) is 0 Å². The first kappa shape index (κ1) is 10.5. The van der Waals surface area contributed by atoms with Crippen LogP contribution in [-0.2, 0) is 4.74 Å². The Labute approximate surface area is 94.6 Å². The van der Waals surface area contributed by atoms with Crippen molar-refractivity contribution in [3.63, 3.8) is 0 Å². The van der Waals surface area contributed by atoms with Crippen LogP contribution in [0.25, 0.3) is 5.70 Å². The number of nitrogens with one attached hydrogen (secondary N) is 1. The minimum Gasteiger partial charge on any atom is -0.497 e. The van der Waals surface area contributed by atoms with E-state index in [1.54, 1.807) is 20.4 Å². The fourth-order valence-electron chi connectivity index (χ4n) is 1.51. The Bertz CT molecular complexity index is 438. The summed E-state index contributed by atoms with van der Waals surface area (Å²) in [7, 11) is 3.30. The number of pyridine rings is 1. The van der Waals surface area contributed by atoms with E-state index in [9.17, 15) is 0 Å². The Balaban J connectivity index is 2.30. The summed E-state index contributed by atoms with van der Waals surface area (Å²) in [5.41, 5.74) is 1.79. The van der Waals surface area contributed by atoms with Gasteiger partial charge in [-0.3, -0.25) is 4.98 Å². The van der Waals surface area contributed by atoms with E-state index in [1.165, 1.54) is 0 Å². The first-order valence-corrected chi connectivity index (χ1v) is 5.03. The van der Waals surface area contributed by atoms with E-state index in [1.807, 2.05) is 24.3 Å². The van der Waals surface area contributed by atoms with Crippen LogP contribution in [0.2, 0.25) is 0 Å². The maximum absolute atomic E-state index is 5.19. The van der Waals surface area contributed by atoms with Gasteiger partial charge in [0.15, 0.2) is 0 Å². The van der Waals surface area contributed by atoms with Crippen molar-refractivity contribution >= 4 is 5.70 Å². The van der Waals surface area contributed by atoms with Crippen LogP contribution in [0.15, 0.2) is 36.2 Å². The number of ether oxygens (including phenoxy) is 2. The summed E-state index contributed by atoms with van der Waals surface area (Å²) in [6.07, 6.45) is 5.62. The topological polar surface area (TPSA) is 43.4 Å². The lowest BCUT2D eigenvalue weighted by molar-refractivity contribution is 0.304. The molecule has 1 aromatic heterocycles. The summed E-state index contributed by atoms with van der Waals surface area (Å²) in [6, 6.07) is 3.71. The second kappa shape index (κ2) is 4.70. The minimum atomic E-state index is 0.744. The summed E-state index contributed by atoms with van der Waals surface area (Å²) < 4.78 is 10.3. The molecule has 1 aliphatic rings. The predicted molar refractivity (Wildman–Crippen MR) is 61.9 cm³/mol. The molecular weight excluding hydrogens is 204 g/mol. The first-order valence-electron chi connectivity index (χ1n) is 5.03. The molecule has 0 unspecified atom stereocenters. The highest BCUT2D eigenvalue weighted by molar-refractivity contribution is 5.65. The molecule has 2 heterocycles. The molecule has 4 heteroatoms. The van der Waals surface area contributed by atoms with Crippen molar-refractivity contribution in [2.75, 3.05) is 20.8 Å². The Morgan fingerprint density at radius 1 is 1.31 bits per heavy atom. The van der Waals surface area contributed by atoms with E-state index in [0.29, 0.717) is 0 Å². The highest BCUT2D eigenvalue weighted by Gasteiger charge is 2.08. The molecule has 2 rings (SSSR count). The fraction of sp³-hybridized carbons (Fsp3) is 0.250. The van der Waals surface area contributed by atoms with Gasteiger partial charge in [-0.05, 0) is 12.1 Å². The molecule has 0 bridgehead atoms. The molecule has 0 aliphatic carbocycles. The van der Waals surface area contributed by atoms with Gasteiger partial charge >= 0.3 is 0 Å². The first-order chi connectivity index (χ1) is 7.83. The average molecular weight is 218 g/mol. The third kappa shape index (κ3) is 2.16. The largest absolute Gasteiger partial charge is 0.497 e. The van der Waals surface area contributed by atoms with Crippen molar-refractivity contribution in [2.45, 2.75) is 0 Å². The monoisotopic (exact) mass is 218 g/mol. The number of nitrogens with zero attached hydrogens (tertiary/aromatic N) is 1. The van der Waals surface area contributed by atoms with Gasteiger partial charge < -0.3 is 14.8 Å². The van der Waals surface area contributed by atoms with Gasteiger partial charge in [0.05, 0.1) is 25.6 Å². The predicted octanol–water partition coefficient (Wildman–Crippen LogP) is 1.56. The highest BCUT2D eigenvalue weighted by atomic mass is 16.5. The van der Waals surface area contributed by atoms with Crippen molar-refractivity contribution in [2.24, 2.45) is 0 Å². The summed E-state index contributed by atoms with van der Waals surface area (Å²) in [5.74, 6) is 1.64. The number of methoxy groups -OCH3 is 2. The smallest absolute Gasteiger partial charge is 0.122 e. The Morgan fingerprint density at radius 3 is 2.94 bits per heavy atom. The van der Waals surface area contributed by atoms with Crippen LogP contribution in [0, 0.1) is 0 Å². The Hall–Kier alpha value is -1.97. The molecule has 16 heavy (non-hydrogen) atoms. The zero-order valence-corrected chi connectivity index (χ0v) is 9.36. The molecule has 1 N–H and O–H groups in total. The quantitative estimate of drug-likeness (QED) is 0.836. The lowest BCUT2D eigenvalue weighted by Gasteiger charge is -2.15. The van der Waals surface area contributed by atoms with Crippen LogP contribution in [0.4, 0.5) is 0 Å². The van der Waals surface area contributed by atoms with Crippen molar-refractivity contribution in [1.29, 1.82) is 0 Å². The lowest BCUT2D eigenvalue weighted by Crippen LogP contribution is -2.17. The second-order valence-electron chi connectivity index (χ2n) is 3.33. The summed E-state index contributed by atoms with van der Waals surface area (Å²) in [6.45, 7) is 0.744. The van der Waals surface area contributed by atoms with Gasteiger partial charge in [-0.25, -0.2) is 0 Å². The van der Waals surface area contributed by atoms with Crippen LogP contribution >= 0.6 is 0 Å². The lowest BCUT2D eigenvalue weighted by atomic mass is 10.2. The number of hydrogen-bond donors (Lipinski definition) is 1. The van der Waals surface area contributed by atoms with Gasteiger partial charge in [0, 0.05) is 24.9 Å². The molecule has 0 spiro atoms. The van der Waals surface area contributed by atoms with Crippen molar-refractivity contribution in [3.05, 3.63) is 41.9 Å². The van der Waals surface area contributed by atoms with Gasteiger partial charge in [0.25, 0.3) is 0 Å². The third-order valence-electron chi connectivity index (χ3n) is 2.36. The van der Waals surface area contributed by atoms with Gasteiger partial charge in [-0.1, -0.05) is 0 Å². The van der Waals surface area contributed by atoms with E-state index in [0.717, 1.165) is 29.4 Å². The number of dihydropyridines is 1. The molecule has 0 radical (unpaired) electrons. The summed E-state index contributed by atoms with van der Waals surface area (Å²) in [5, 5.41) is 3.24. The second-order valence-corrected chi connectivity index (χ2v) is 3.33. The van der Waals surface area contributed by atoms with E-state index >= 15 is 0 Å². The van der Waals surface area contributed by atoms with E-state index in [-0.39, 0.29) is 0 Å². The van der Waals surface area contributed by atoms with Crippen molar-refractivity contribution < 1.29 is 9.47 Å². The minimum absolute atomic E-state index is 0.744. The zero-order chi connectivity index (χ0) is 11.4. The van der Waals surface area contributed by atoms with E-state index in [2.05, 4.69) is 10.3 Å². The fourth-order valence-corrected chi connectivity index (χ4v) is 1.51. The number of aromatic nitrogens is 1. The van der Waals surface area contributed by atoms with Crippen LogP contribution in [-0.4, -0.2) is 25.7 Å². The molecule has 4 nitrogen and oxygen atoms in total. The SMILES string of the molecule is COC1=CCNC(c2cc(OC)ccn2)=C1. The zero-order valence-electron chi connectivity index (χ0n) is 9.36. The maximum atomic E-state index is 5.19. The molecule has 0 fully saturated rings. The Kier molecular flexibility index (Phi) is 3.10. The molecule has 0 saturated carbocycles. The molecule has 1 aliphatic heterocycles. The van der Waals surface area contributed by atoms with E-state index in [4.69, 9.17) is 9.47 Å². The van der Waals surface area contributed by atoms with Crippen LogP contribution in [0.3, 0.4) is 0 Å². The Morgan fingerprint density at radius 2 is 2.19 bits per heavy atom. The molecule has 0 aromatic carbocycles. The molecule has 0 atom stereocenters. The molecular formula is C12H14N2O2. The number of hydrogen-bond acceptors (Lipinski definition) is 4. The number of allylic oxidation sites excluding steroid dienone is 1. The highest BCUT2D eigenvalue weighted by Crippen LogP contribution is 2.19. The van der Waals surface area contributed by atoms with Gasteiger partial charge in [0.1, 0.15) is 11.5 Å². The third-order valence-corrected chi connectivity index (χ3v) is 2.36. The van der Waals surface area contributed by atoms with Crippen LogP contribution < -0.4 is 10.1 Å². The van der Waals surface area contributed by atoms with Crippen LogP contribution in [0.1, 0.15) is 5.69 Å². The molecule has 1 aromatic rings. The summed E-state index contributed by atoms with van der Waals surface area (Å²) >= 11 is 0. The van der Waals surface area contributed by atoms with E-state index < -0.39 is 0 Å². The summed E-state index contributed by atoms with van der Waals surface area (Å²) in [4.78, 5) is 4.29. The van der Waals surface area contributed by atoms with Gasteiger partial charge in [-0.15, -0.1) is 0 Å². The number of rotatable bonds is 3. The normalized spacial score (nSPS) is 14.6. The average Bonchev–Trinajstić information content (AvgIpc) is 2.39. The van der Waals surface area contributed by atoms with Crippen molar-refractivity contribution in [1.82, 2.24) is 10.3 Å².